The molecule has 130 valence electrons. The lowest BCUT2D eigenvalue weighted by molar-refractivity contribution is -0.274. The Bertz CT molecular complexity index is 961. The van der Waals surface area contributed by atoms with Crippen molar-refractivity contribution in [2.75, 3.05) is 5.32 Å². The zero-order chi connectivity index (χ0) is 18.0. The number of rotatable bonds is 4. The minimum absolute atomic E-state index is 0.182. The van der Waals surface area contributed by atoms with E-state index < -0.39 is 12.3 Å². The Kier molecular flexibility index (Phi) is 4.49. The van der Waals surface area contributed by atoms with Crippen LogP contribution in [0.4, 0.5) is 18.9 Å². The molecule has 0 atom stereocenters. The van der Waals surface area contributed by atoms with E-state index in [0.717, 1.165) is 16.8 Å². The average molecular weight is 368 g/mol. The largest absolute Gasteiger partial charge is 0.573 e. The monoisotopic (exact) mass is 368 g/mol. The maximum atomic E-state index is 12.2. The third kappa shape index (κ3) is 4.18. The molecule has 1 amide bonds. The number of anilines is 1. The van der Waals surface area contributed by atoms with E-state index >= 15 is 0 Å². The Balaban J connectivity index is 1.68. The van der Waals surface area contributed by atoms with Crippen LogP contribution in [0, 0.1) is 0 Å². The summed E-state index contributed by atoms with van der Waals surface area (Å²) in [4.78, 5) is 24.2. The normalized spacial score (nSPS) is 11.5. The molecule has 9 heteroatoms. The summed E-state index contributed by atoms with van der Waals surface area (Å²) in [5.74, 6) is -0.843. The fraction of sp³-hybridized carbons (Fsp3) is 0.125. The first-order chi connectivity index (χ1) is 11.8. The summed E-state index contributed by atoms with van der Waals surface area (Å²) in [6.07, 6.45) is -4.77. The number of aromatic nitrogens is 1. The first-order valence-electron chi connectivity index (χ1n) is 7.06. The number of nitrogens with zero attached hydrogens (tertiary/aromatic N) is 1. The number of carbonyl (C=O) groups excluding carboxylic acids is 1. The molecule has 1 heterocycles. The van der Waals surface area contributed by atoms with Crippen LogP contribution in [0.2, 0.25) is 0 Å². The number of benzene rings is 2. The van der Waals surface area contributed by atoms with Crippen molar-refractivity contribution < 1.29 is 22.7 Å². The lowest BCUT2D eigenvalue weighted by Crippen LogP contribution is -2.23. The van der Waals surface area contributed by atoms with E-state index in [0.29, 0.717) is 11.1 Å². The summed E-state index contributed by atoms with van der Waals surface area (Å²) >= 11 is 1.17. The standard InChI is InChI=1S/C16H11F3N2O3S/c17-16(18,19)24-11-7-5-10(6-8-11)20-14(22)9-21-15(23)12-3-1-2-4-13(12)25-21/h1-8H,9H2,(H,20,22). The molecule has 0 bridgehead atoms. The quantitative estimate of drug-likeness (QED) is 0.766. The number of hydrogen-bond donors (Lipinski definition) is 1. The van der Waals surface area contributed by atoms with E-state index in [1.54, 1.807) is 24.3 Å². The Hall–Kier alpha value is -2.81. The van der Waals surface area contributed by atoms with Crippen LogP contribution in [0.3, 0.4) is 0 Å². The predicted octanol–water partition coefficient (Wildman–Crippen LogP) is 3.60. The third-order valence-electron chi connectivity index (χ3n) is 3.21. The molecular formula is C16H11F3N2O3S. The summed E-state index contributed by atoms with van der Waals surface area (Å²) in [6.45, 7) is -0.182. The molecule has 0 aliphatic heterocycles. The molecule has 1 N–H and O–H groups in total. The van der Waals surface area contributed by atoms with Gasteiger partial charge in [0, 0.05) is 5.69 Å². The second-order valence-electron chi connectivity index (χ2n) is 5.05. The minimum atomic E-state index is -4.77. The molecule has 0 saturated carbocycles. The molecule has 5 nitrogen and oxygen atoms in total. The van der Waals surface area contributed by atoms with E-state index in [1.165, 1.54) is 27.6 Å². The molecule has 0 saturated heterocycles. The van der Waals surface area contributed by atoms with Crippen molar-refractivity contribution in [2.45, 2.75) is 12.9 Å². The van der Waals surface area contributed by atoms with E-state index in [4.69, 9.17) is 0 Å². The smallest absolute Gasteiger partial charge is 0.406 e. The molecule has 0 spiro atoms. The maximum Gasteiger partial charge on any atom is 0.573 e. The van der Waals surface area contributed by atoms with Crippen molar-refractivity contribution in [3.63, 3.8) is 0 Å². The summed E-state index contributed by atoms with van der Waals surface area (Å²) in [6, 6.07) is 11.8. The fourth-order valence-electron chi connectivity index (χ4n) is 2.19. The van der Waals surface area contributed by atoms with Gasteiger partial charge in [0.25, 0.3) is 5.56 Å². The topological polar surface area (TPSA) is 60.3 Å². The highest BCUT2D eigenvalue weighted by Gasteiger charge is 2.30. The molecule has 25 heavy (non-hydrogen) atoms. The summed E-state index contributed by atoms with van der Waals surface area (Å²) < 4.78 is 42.1. The Morgan fingerprint density at radius 1 is 1.12 bits per heavy atom. The minimum Gasteiger partial charge on any atom is -0.406 e. The van der Waals surface area contributed by atoms with Crippen molar-refractivity contribution in [3.8, 4) is 5.75 Å². The first-order valence-corrected chi connectivity index (χ1v) is 7.84. The number of amides is 1. The van der Waals surface area contributed by atoms with Gasteiger partial charge in [-0.3, -0.25) is 13.5 Å². The fourth-order valence-corrected chi connectivity index (χ4v) is 3.19. The van der Waals surface area contributed by atoms with Crippen LogP contribution in [0.1, 0.15) is 0 Å². The first kappa shape index (κ1) is 17.0. The molecule has 1 aromatic heterocycles. The SMILES string of the molecule is O=C(Cn1sc2ccccc2c1=O)Nc1ccc(OC(F)(F)F)cc1. The molecule has 0 aliphatic carbocycles. The second-order valence-corrected chi connectivity index (χ2v) is 6.11. The van der Waals surface area contributed by atoms with Gasteiger partial charge >= 0.3 is 6.36 Å². The van der Waals surface area contributed by atoms with Gasteiger partial charge in [-0.25, -0.2) is 0 Å². The third-order valence-corrected chi connectivity index (χ3v) is 4.28. The molecule has 3 rings (SSSR count). The zero-order valence-electron chi connectivity index (χ0n) is 12.5. The van der Waals surface area contributed by atoms with Gasteiger partial charge in [-0.05, 0) is 36.4 Å². The Morgan fingerprint density at radius 2 is 1.80 bits per heavy atom. The summed E-state index contributed by atoms with van der Waals surface area (Å²) in [5, 5.41) is 3.06. The van der Waals surface area contributed by atoms with Gasteiger partial charge in [-0.2, -0.15) is 0 Å². The molecule has 0 unspecified atom stereocenters. The second kappa shape index (κ2) is 6.60. The Labute approximate surface area is 143 Å². The maximum absolute atomic E-state index is 12.2. The molecule has 0 aliphatic rings. The Morgan fingerprint density at radius 3 is 2.44 bits per heavy atom. The number of nitrogens with one attached hydrogen (secondary N) is 1. The van der Waals surface area contributed by atoms with Gasteiger partial charge in [-0.1, -0.05) is 23.7 Å². The average Bonchev–Trinajstić information content (AvgIpc) is 2.84. The van der Waals surface area contributed by atoms with E-state index in [1.807, 2.05) is 0 Å². The van der Waals surface area contributed by atoms with E-state index in [9.17, 15) is 22.8 Å². The lowest BCUT2D eigenvalue weighted by Gasteiger charge is -2.10. The molecule has 0 fully saturated rings. The number of ether oxygens (including phenoxy) is 1. The van der Waals surface area contributed by atoms with Crippen molar-refractivity contribution in [1.29, 1.82) is 0 Å². The van der Waals surface area contributed by atoms with Crippen molar-refractivity contribution >= 4 is 33.2 Å². The number of fused-ring (bicyclic) bond motifs is 1. The highest BCUT2D eigenvalue weighted by Crippen LogP contribution is 2.24. The number of halogens is 3. The molecule has 0 radical (unpaired) electrons. The van der Waals surface area contributed by atoms with Crippen LogP contribution >= 0.6 is 11.5 Å². The van der Waals surface area contributed by atoms with Crippen LogP contribution < -0.4 is 15.6 Å². The van der Waals surface area contributed by atoms with Crippen LogP contribution in [0.25, 0.3) is 10.1 Å². The number of carbonyl (C=O) groups is 1. The predicted molar refractivity (Wildman–Crippen MR) is 87.8 cm³/mol. The van der Waals surface area contributed by atoms with Gasteiger partial charge in [0.1, 0.15) is 12.3 Å². The van der Waals surface area contributed by atoms with E-state index in [-0.39, 0.29) is 17.9 Å². The number of hydrogen-bond acceptors (Lipinski definition) is 4. The van der Waals surface area contributed by atoms with Crippen LogP contribution in [0.15, 0.2) is 53.3 Å². The van der Waals surface area contributed by atoms with Crippen molar-refractivity contribution in [2.24, 2.45) is 0 Å². The lowest BCUT2D eigenvalue weighted by atomic mass is 10.3. The van der Waals surface area contributed by atoms with Gasteiger partial charge in [-0.15, -0.1) is 13.2 Å². The van der Waals surface area contributed by atoms with Crippen LogP contribution in [-0.4, -0.2) is 16.2 Å². The highest BCUT2D eigenvalue weighted by atomic mass is 32.1. The van der Waals surface area contributed by atoms with E-state index in [2.05, 4.69) is 10.1 Å². The number of alkyl halides is 3. The van der Waals surface area contributed by atoms with Crippen molar-refractivity contribution in [1.82, 2.24) is 3.96 Å². The van der Waals surface area contributed by atoms with Gasteiger partial charge in [0.2, 0.25) is 5.91 Å². The van der Waals surface area contributed by atoms with Crippen LogP contribution in [0.5, 0.6) is 5.75 Å². The van der Waals surface area contributed by atoms with Crippen molar-refractivity contribution in [3.05, 3.63) is 58.9 Å². The highest BCUT2D eigenvalue weighted by molar-refractivity contribution is 7.13. The molecule has 3 aromatic rings. The molecular weight excluding hydrogens is 357 g/mol. The van der Waals surface area contributed by atoms with Gasteiger partial charge in [0.15, 0.2) is 0 Å². The zero-order valence-corrected chi connectivity index (χ0v) is 13.4. The van der Waals surface area contributed by atoms with Crippen LogP contribution in [-0.2, 0) is 11.3 Å². The van der Waals surface area contributed by atoms with Gasteiger partial charge in [0.05, 0.1) is 10.1 Å². The summed E-state index contributed by atoms with van der Waals surface area (Å²) in [7, 11) is 0. The summed E-state index contributed by atoms with van der Waals surface area (Å²) in [5.41, 5.74) is 0.0401. The van der Waals surface area contributed by atoms with Gasteiger partial charge < -0.3 is 10.1 Å². The molecule has 2 aromatic carbocycles.